The zero-order valence-electron chi connectivity index (χ0n) is 13.9. The third-order valence-electron chi connectivity index (χ3n) is 3.47. The second-order valence-electron chi connectivity index (χ2n) is 5.39. The molecular weight excluding hydrogens is 408 g/mol. The van der Waals surface area contributed by atoms with E-state index >= 15 is 0 Å². The molecule has 0 heterocycles. The van der Waals surface area contributed by atoms with E-state index in [2.05, 4.69) is 26.6 Å². The maximum atomic E-state index is 12.2. The standard InChI is InChI=1S/C21H17BrN2OS/c22-17-12-10-16(11-13-17)14-15-23-21(25)24-19-8-4-5-9-20(19)26-18-6-2-1-3-7-18/h1-15H,(H2,23,24,25)/b15-14+. The van der Waals surface area contributed by atoms with Crippen LogP contribution < -0.4 is 10.6 Å². The first kappa shape index (κ1) is 18.3. The SMILES string of the molecule is O=C(N/C=C/c1ccc(Br)cc1)Nc1ccccc1Sc1ccccc1. The third-order valence-corrected chi connectivity index (χ3v) is 5.08. The zero-order valence-corrected chi connectivity index (χ0v) is 16.3. The lowest BCUT2D eigenvalue weighted by Gasteiger charge is -2.10. The van der Waals surface area contributed by atoms with Crippen LogP contribution in [0.3, 0.4) is 0 Å². The maximum Gasteiger partial charge on any atom is 0.323 e. The normalized spacial score (nSPS) is 10.7. The summed E-state index contributed by atoms with van der Waals surface area (Å²) in [5, 5.41) is 5.63. The molecule has 130 valence electrons. The lowest BCUT2D eigenvalue weighted by molar-refractivity contribution is 0.255. The average molecular weight is 425 g/mol. The number of hydrogen-bond donors (Lipinski definition) is 2. The molecule has 5 heteroatoms. The van der Waals surface area contributed by atoms with Crippen molar-refractivity contribution in [3.05, 3.63) is 95.1 Å². The van der Waals surface area contributed by atoms with Gasteiger partial charge in [-0.25, -0.2) is 4.79 Å². The Kier molecular flexibility index (Phi) is 6.52. The van der Waals surface area contributed by atoms with Crippen molar-refractivity contribution >= 4 is 45.5 Å². The number of rotatable bonds is 5. The number of urea groups is 1. The van der Waals surface area contributed by atoms with Gasteiger partial charge in [0.25, 0.3) is 0 Å². The van der Waals surface area contributed by atoms with Gasteiger partial charge in [-0.05, 0) is 48.0 Å². The van der Waals surface area contributed by atoms with Crippen LogP contribution in [0.4, 0.5) is 10.5 Å². The molecule has 3 aromatic rings. The molecule has 2 N–H and O–H groups in total. The van der Waals surface area contributed by atoms with Crippen LogP contribution in [0.2, 0.25) is 0 Å². The van der Waals surface area contributed by atoms with Gasteiger partial charge in [-0.2, -0.15) is 0 Å². The fourth-order valence-corrected chi connectivity index (χ4v) is 3.41. The summed E-state index contributed by atoms with van der Waals surface area (Å²) in [6.07, 6.45) is 3.47. The van der Waals surface area contributed by atoms with Gasteiger partial charge in [0.15, 0.2) is 0 Å². The van der Waals surface area contributed by atoms with E-state index in [1.165, 1.54) is 0 Å². The van der Waals surface area contributed by atoms with Gasteiger partial charge >= 0.3 is 6.03 Å². The number of benzene rings is 3. The van der Waals surface area contributed by atoms with Crippen molar-refractivity contribution in [1.82, 2.24) is 5.32 Å². The van der Waals surface area contributed by atoms with Gasteiger partial charge in [0, 0.05) is 20.5 Å². The summed E-state index contributed by atoms with van der Waals surface area (Å²) in [5.74, 6) is 0. The summed E-state index contributed by atoms with van der Waals surface area (Å²) in [4.78, 5) is 14.3. The first-order valence-electron chi connectivity index (χ1n) is 8.02. The van der Waals surface area contributed by atoms with E-state index in [0.717, 1.165) is 25.5 Å². The summed E-state index contributed by atoms with van der Waals surface area (Å²) in [6.45, 7) is 0. The van der Waals surface area contributed by atoms with E-state index in [1.807, 2.05) is 84.9 Å². The Morgan fingerprint density at radius 3 is 2.35 bits per heavy atom. The van der Waals surface area contributed by atoms with Crippen LogP contribution in [0.25, 0.3) is 6.08 Å². The highest BCUT2D eigenvalue weighted by atomic mass is 79.9. The van der Waals surface area contributed by atoms with Crippen molar-refractivity contribution in [2.24, 2.45) is 0 Å². The molecule has 0 bridgehead atoms. The Morgan fingerprint density at radius 2 is 1.58 bits per heavy atom. The van der Waals surface area contributed by atoms with Crippen molar-refractivity contribution < 1.29 is 4.79 Å². The summed E-state index contributed by atoms with van der Waals surface area (Å²) in [7, 11) is 0. The minimum Gasteiger partial charge on any atom is -0.314 e. The van der Waals surface area contributed by atoms with E-state index in [1.54, 1.807) is 18.0 Å². The fourth-order valence-electron chi connectivity index (χ4n) is 2.22. The molecule has 0 aliphatic heterocycles. The number of carbonyl (C=O) groups excluding carboxylic acids is 1. The van der Waals surface area contributed by atoms with Crippen molar-refractivity contribution in [2.75, 3.05) is 5.32 Å². The van der Waals surface area contributed by atoms with E-state index in [-0.39, 0.29) is 6.03 Å². The molecule has 0 aliphatic rings. The van der Waals surface area contributed by atoms with Crippen LogP contribution in [0.5, 0.6) is 0 Å². The largest absolute Gasteiger partial charge is 0.323 e. The highest BCUT2D eigenvalue weighted by Gasteiger charge is 2.06. The van der Waals surface area contributed by atoms with Gasteiger partial charge in [0.1, 0.15) is 0 Å². The van der Waals surface area contributed by atoms with Gasteiger partial charge in [-0.15, -0.1) is 0 Å². The first-order valence-corrected chi connectivity index (χ1v) is 9.63. The molecule has 2 amide bonds. The van der Waals surface area contributed by atoms with Crippen LogP contribution in [-0.2, 0) is 0 Å². The summed E-state index contributed by atoms with van der Waals surface area (Å²) >= 11 is 5.01. The van der Waals surface area contributed by atoms with Gasteiger partial charge < -0.3 is 10.6 Å². The number of para-hydroxylation sites is 1. The molecule has 0 saturated carbocycles. The topological polar surface area (TPSA) is 41.1 Å². The highest BCUT2D eigenvalue weighted by molar-refractivity contribution is 9.10. The summed E-state index contributed by atoms with van der Waals surface area (Å²) in [5.41, 5.74) is 1.78. The van der Waals surface area contributed by atoms with E-state index in [9.17, 15) is 4.79 Å². The molecule has 0 radical (unpaired) electrons. The predicted molar refractivity (Wildman–Crippen MR) is 112 cm³/mol. The van der Waals surface area contributed by atoms with Gasteiger partial charge in [0.2, 0.25) is 0 Å². The van der Waals surface area contributed by atoms with Crippen molar-refractivity contribution in [2.45, 2.75) is 9.79 Å². The first-order chi connectivity index (χ1) is 12.7. The van der Waals surface area contributed by atoms with Crippen LogP contribution in [0.15, 0.2) is 99.3 Å². The summed E-state index contributed by atoms with van der Waals surface area (Å²) < 4.78 is 1.02. The lowest BCUT2D eigenvalue weighted by atomic mass is 10.2. The number of hydrogen-bond acceptors (Lipinski definition) is 2. The highest BCUT2D eigenvalue weighted by Crippen LogP contribution is 2.33. The second-order valence-corrected chi connectivity index (χ2v) is 7.43. The quantitative estimate of drug-likeness (QED) is 0.497. The van der Waals surface area contributed by atoms with Crippen LogP contribution >= 0.6 is 27.7 Å². The lowest BCUT2D eigenvalue weighted by Crippen LogP contribution is -2.24. The molecule has 3 rings (SSSR count). The molecule has 0 unspecified atom stereocenters. The van der Waals surface area contributed by atoms with Crippen LogP contribution in [0, 0.1) is 0 Å². The molecule has 0 aliphatic carbocycles. The number of amides is 2. The van der Waals surface area contributed by atoms with E-state index < -0.39 is 0 Å². The average Bonchev–Trinajstić information content (AvgIpc) is 2.66. The third kappa shape index (κ3) is 5.51. The number of nitrogens with one attached hydrogen (secondary N) is 2. The molecular formula is C21H17BrN2OS. The van der Waals surface area contributed by atoms with E-state index in [0.29, 0.717) is 0 Å². The Bertz CT molecular complexity index is 895. The number of halogens is 1. The predicted octanol–water partition coefficient (Wildman–Crippen LogP) is 6.39. The van der Waals surface area contributed by atoms with Gasteiger partial charge in [-0.3, -0.25) is 0 Å². The molecule has 0 saturated heterocycles. The summed E-state index contributed by atoms with van der Waals surface area (Å²) in [6, 6.07) is 25.4. The maximum absolute atomic E-state index is 12.2. The number of carbonyl (C=O) groups is 1. The molecule has 0 spiro atoms. The Labute approximate surface area is 165 Å². The zero-order chi connectivity index (χ0) is 18.2. The molecule has 3 aromatic carbocycles. The monoisotopic (exact) mass is 424 g/mol. The van der Waals surface area contributed by atoms with Gasteiger partial charge in [0.05, 0.1) is 5.69 Å². The minimum absolute atomic E-state index is 0.278. The van der Waals surface area contributed by atoms with Gasteiger partial charge in [-0.1, -0.05) is 70.2 Å². The van der Waals surface area contributed by atoms with E-state index in [4.69, 9.17) is 0 Å². The van der Waals surface area contributed by atoms with Crippen LogP contribution in [-0.4, -0.2) is 6.03 Å². The number of anilines is 1. The smallest absolute Gasteiger partial charge is 0.314 e. The minimum atomic E-state index is -0.278. The molecule has 3 nitrogen and oxygen atoms in total. The molecule has 0 atom stereocenters. The second kappa shape index (κ2) is 9.27. The Morgan fingerprint density at radius 1 is 0.885 bits per heavy atom. The van der Waals surface area contributed by atoms with Crippen molar-refractivity contribution in [3.8, 4) is 0 Å². The van der Waals surface area contributed by atoms with Crippen LogP contribution in [0.1, 0.15) is 5.56 Å². The molecule has 0 aromatic heterocycles. The Hall–Kier alpha value is -2.50. The van der Waals surface area contributed by atoms with Crippen molar-refractivity contribution in [1.29, 1.82) is 0 Å². The Balaban J connectivity index is 1.61. The fraction of sp³-hybridized carbons (Fsp3) is 0. The van der Waals surface area contributed by atoms with Crippen molar-refractivity contribution in [3.63, 3.8) is 0 Å². The molecule has 0 fully saturated rings. The molecule has 26 heavy (non-hydrogen) atoms.